The number of hydrogen-bond donors (Lipinski definition) is 1. The molecule has 0 heterocycles. The molecule has 0 aliphatic carbocycles. The van der Waals surface area contributed by atoms with Crippen LogP contribution in [-0.4, -0.2) is 11.7 Å². The van der Waals surface area contributed by atoms with Gasteiger partial charge in [-0.15, -0.1) is 6.58 Å². The van der Waals surface area contributed by atoms with Crippen LogP contribution in [0, 0.1) is 5.92 Å². The summed E-state index contributed by atoms with van der Waals surface area (Å²) < 4.78 is 0. The first-order valence-electron chi connectivity index (χ1n) is 6.56. The van der Waals surface area contributed by atoms with Gasteiger partial charge >= 0.3 is 0 Å². The zero-order valence-electron chi connectivity index (χ0n) is 10.4. The molecule has 0 radical (unpaired) electrons. The topological polar surface area (TPSA) is 20.2 Å². The average molecular weight is 212 g/mol. The van der Waals surface area contributed by atoms with Crippen LogP contribution in [0.15, 0.2) is 12.7 Å². The summed E-state index contributed by atoms with van der Waals surface area (Å²) in [7, 11) is 0. The molecule has 0 aromatic carbocycles. The molecule has 0 fully saturated rings. The maximum absolute atomic E-state index is 9.08. The molecule has 15 heavy (non-hydrogen) atoms. The van der Waals surface area contributed by atoms with Gasteiger partial charge in [-0.25, -0.2) is 0 Å². The van der Waals surface area contributed by atoms with Gasteiger partial charge in [0.05, 0.1) is 0 Å². The summed E-state index contributed by atoms with van der Waals surface area (Å²) in [5, 5.41) is 9.08. The van der Waals surface area contributed by atoms with Gasteiger partial charge in [0.1, 0.15) is 0 Å². The summed E-state index contributed by atoms with van der Waals surface area (Å²) in [6, 6.07) is 0. The van der Waals surface area contributed by atoms with Crippen molar-refractivity contribution in [2.45, 2.75) is 64.7 Å². The summed E-state index contributed by atoms with van der Waals surface area (Å²) in [5.74, 6) is 0.457. The van der Waals surface area contributed by atoms with Crippen molar-refractivity contribution in [3.8, 4) is 0 Å². The summed E-state index contributed by atoms with van der Waals surface area (Å²) in [6.45, 7) is 6.29. The number of hydrogen-bond acceptors (Lipinski definition) is 1. The van der Waals surface area contributed by atoms with Crippen molar-refractivity contribution in [1.29, 1.82) is 0 Å². The zero-order valence-corrected chi connectivity index (χ0v) is 10.4. The second-order valence-electron chi connectivity index (χ2n) is 4.48. The van der Waals surface area contributed by atoms with Crippen molar-refractivity contribution < 1.29 is 5.11 Å². The summed E-state index contributed by atoms with van der Waals surface area (Å²) in [4.78, 5) is 0. The third kappa shape index (κ3) is 9.99. The van der Waals surface area contributed by atoms with Crippen LogP contribution in [0.3, 0.4) is 0 Å². The van der Waals surface area contributed by atoms with E-state index in [1.807, 2.05) is 6.08 Å². The number of rotatable bonds is 11. The molecule has 0 rings (SSSR count). The molecule has 1 heteroatoms. The molecule has 0 bridgehead atoms. The molecular weight excluding hydrogens is 184 g/mol. The first-order chi connectivity index (χ1) is 7.35. The highest BCUT2D eigenvalue weighted by molar-refractivity contribution is 4.72. The third-order valence-electron chi connectivity index (χ3n) is 2.97. The van der Waals surface area contributed by atoms with E-state index >= 15 is 0 Å². The predicted octanol–water partition coefficient (Wildman–Crippen LogP) is 4.31. The fourth-order valence-electron chi connectivity index (χ4n) is 1.91. The summed E-state index contributed by atoms with van der Waals surface area (Å²) in [6.07, 6.45) is 13.5. The smallest absolute Gasteiger partial charge is 0.0462 e. The average Bonchev–Trinajstić information content (AvgIpc) is 2.26. The van der Waals surface area contributed by atoms with E-state index in [0.717, 1.165) is 12.8 Å². The van der Waals surface area contributed by atoms with Crippen LogP contribution in [0.25, 0.3) is 0 Å². The maximum atomic E-state index is 9.08. The van der Waals surface area contributed by atoms with E-state index in [0.29, 0.717) is 12.5 Å². The van der Waals surface area contributed by atoms with E-state index in [-0.39, 0.29) is 0 Å². The van der Waals surface area contributed by atoms with Gasteiger partial charge in [-0.2, -0.15) is 0 Å². The van der Waals surface area contributed by atoms with E-state index in [2.05, 4.69) is 13.5 Å². The highest BCUT2D eigenvalue weighted by Gasteiger charge is 2.04. The lowest BCUT2D eigenvalue weighted by atomic mass is 9.98. The first-order valence-corrected chi connectivity index (χ1v) is 6.56. The number of allylic oxidation sites excluding steroid dienone is 1. The Bertz CT molecular complexity index is 131. The second kappa shape index (κ2) is 11.8. The fraction of sp³-hybridized carbons (Fsp3) is 0.857. The molecule has 0 aromatic heterocycles. The Morgan fingerprint density at radius 2 is 1.67 bits per heavy atom. The number of unbranched alkanes of at least 4 members (excludes halogenated alkanes) is 6. The van der Waals surface area contributed by atoms with Crippen LogP contribution < -0.4 is 0 Å². The van der Waals surface area contributed by atoms with Crippen LogP contribution in [0.5, 0.6) is 0 Å². The van der Waals surface area contributed by atoms with E-state index < -0.39 is 0 Å². The van der Waals surface area contributed by atoms with E-state index in [1.54, 1.807) is 0 Å². The minimum atomic E-state index is 0.321. The maximum Gasteiger partial charge on any atom is 0.0462 e. The molecule has 1 atom stereocenters. The van der Waals surface area contributed by atoms with Crippen LogP contribution in [0.1, 0.15) is 64.7 Å². The lowest BCUT2D eigenvalue weighted by Gasteiger charge is -2.10. The van der Waals surface area contributed by atoms with Crippen molar-refractivity contribution in [2.75, 3.05) is 6.61 Å². The van der Waals surface area contributed by atoms with E-state index in [4.69, 9.17) is 5.11 Å². The normalized spacial score (nSPS) is 12.7. The monoisotopic (exact) mass is 212 g/mol. The van der Waals surface area contributed by atoms with Crippen molar-refractivity contribution in [3.05, 3.63) is 12.7 Å². The van der Waals surface area contributed by atoms with Gasteiger partial charge in [-0.3, -0.25) is 0 Å². The quantitative estimate of drug-likeness (QED) is 0.399. The molecule has 0 saturated heterocycles. The molecule has 0 spiro atoms. The summed E-state index contributed by atoms with van der Waals surface area (Å²) >= 11 is 0. The van der Waals surface area contributed by atoms with Gasteiger partial charge in [-0.05, 0) is 18.8 Å². The molecule has 1 N–H and O–H groups in total. The first kappa shape index (κ1) is 14.7. The molecule has 1 nitrogen and oxygen atoms in total. The molecule has 1 unspecified atom stereocenters. The summed E-state index contributed by atoms with van der Waals surface area (Å²) in [5.41, 5.74) is 0. The van der Waals surface area contributed by atoms with Gasteiger partial charge in [-0.1, -0.05) is 57.9 Å². The zero-order chi connectivity index (χ0) is 11.4. The molecule has 0 aliphatic rings. The largest absolute Gasteiger partial charge is 0.396 e. The Balaban J connectivity index is 3.17. The van der Waals surface area contributed by atoms with Crippen LogP contribution in [-0.2, 0) is 0 Å². The van der Waals surface area contributed by atoms with Crippen molar-refractivity contribution >= 4 is 0 Å². The second-order valence-corrected chi connectivity index (χ2v) is 4.48. The van der Waals surface area contributed by atoms with Crippen molar-refractivity contribution in [1.82, 2.24) is 0 Å². The predicted molar refractivity (Wildman–Crippen MR) is 68.0 cm³/mol. The standard InChI is InChI=1S/C14H28O/c1-3-5-6-7-8-9-10-12-14(13-15)11-4-2/h4,14-15H,2-3,5-13H2,1H3. The van der Waals surface area contributed by atoms with Gasteiger partial charge < -0.3 is 5.11 Å². The van der Waals surface area contributed by atoms with Crippen LogP contribution in [0.4, 0.5) is 0 Å². The lowest BCUT2D eigenvalue weighted by Crippen LogP contribution is -2.04. The van der Waals surface area contributed by atoms with E-state index in [9.17, 15) is 0 Å². The van der Waals surface area contributed by atoms with Crippen molar-refractivity contribution in [3.63, 3.8) is 0 Å². The minimum absolute atomic E-state index is 0.321. The Hall–Kier alpha value is -0.300. The minimum Gasteiger partial charge on any atom is -0.396 e. The Morgan fingerprint density at radius 1 is 1.07 bits per heavy atom. The Labute approximate surface area is 95.6 Å². The van der Waals surface area contributed by atoms with Crippen LogP contribution >= 0.6 is 0 Å². The molecule has 0 aliphatic heterocycles. The SMILES string of the molecule is C=CCC(CO)CCCCCCCCC. The number of aliphatic hydroxyl groups is 1. The van der Waals surface area contributed by atoms with Gasteiger partial charge in [0.2, 0.25) is 0 Å². The van der Waals surface area contributed by atoms with Gasteiger partial charge in [0, 0.05) is 6.61 Å². The molecule has 0 saturated carbocycles. The van der Waals surface area contributed by atoms with Crippen LogP contribution in [0.2, 0.25) is 0 Å². The van der Waals surface area contributed by atoms with Crippen molar-refractivity contribution in [2.24, 2.45) is 5.92 Å². The lowest BCUT2D eigenvalue weighted by molar-refractivity contribution is 0.216. The highest BCUT2D eigenvalue weighted by atomic mass is 16.3. The van der Waals surface area contributed by atoms with E-state index in [1.165, 1.54) is 44.9 Å². The molecule has 90 valence electrons. The molecule has 0 amide bonds. The highest BCUT2D eigenvalue weighted by Crippen LogP contribution is 2.15. The van der Waals surface area contributed by atoms with Gasteiger partial charge in [0.15, 0.2) is 0 Å². The Kier molecular flexibility index (Phi) is 11.5. The van der Waals surface area contributed by atoms with Gasteiger partial charge in [0.25, 0.3) is 0 Å². The third-order valence-corrected chi connectivity index (χ3v) is 2.97. The fourth-order valence-corrected chi connectivity index (χ4v) is 1.91. The Morgan fingerprint density at radius 3 is 2.20 bits per heavy atom. The number of aliphatic hydroxyl groups excluding tert-OH is 1. The molecular formula is C14H28O. The molecule has 0 aromatic rings.